The zero-order chi connectivity index (χ0) is 28.0. The number of ketones is 1. The summed E-state index contributed by atoms with van der Waals surface area (Å²) in [6, 6.07) is 13.6. The summed E-state index contributed by atoms with van der Waals surface area (Å²) in [7, 11) is 0. The van der Waals surface area contributed by atoms with Gasteiger partial charge in [0.05, 0.1) is 5.69 Å². The number of aryl methyl sites for hydroxylation is 2. The Kier molecular flexibility index (Phi) is 9.25. The van der Waals surface area contributed by atoms with Crippen molar-refractivity contribution in [1.82, 2.24) is 14.9 Å². The first-order chi connectivity index (χ1) is 17.9. The Hall–Kier alpha value is -3.75. The highest BCUT2D eigenvalue weighted by Gasteiger charge is 2.39. The number of para-hydroxylation sites is 1. The predicted molar refractivity (Wildman–Crippen MR) is 139 cm³/mol. The number of benzene rings is 2. The average Bonchev–Trinajstić information content (AvgIpc) is 3.23. The van der Waals surface area contributed by atoms with Crippen molar-refractivity contribution < 1.29 is 27.6 Å². The second-order valence-corrected chi connectivity index (χ2v) is 9.42. The van der Waals surface area contributed by atoms with E-state index in [4.69, 9.17) is 0 Å². The second-order valence-electron chi connectivity index (χ2n) is 9.42. The number of imidazole rings is 1. The monoisotopic (exact) mass is 527 g/mol. The number of Topliss-reactive ketones (excluding diaryl/α,β-unsaturated/α-hetero) is 1. The Morgan fingerprint density at radius 1 is 1.13 bits per heavy atom. The topological polar surface area (TPSA) is 81.1 Å². The zero-order valence-corrected chi connectivity index (χ0v) is 22.0. The number of carbonyl (C=O) groups is 3. The maximum absolute atomic E-state index is 13.8. The van der Waals surface area contributed by atoms with Gasteiger partial charge in [-0.1, -0.05) is 50.6 Å². The number of imide groups is 1. The van der Waals surface area contributed by atoms with Crippen LogP contribution in [0.25, 0.3) is 17.1 Å². The van der Waals surface area contributed by atoms with Crippen molar-refractivity contribution in [1.29, 1.82) is 0 Å². The molecule has 38 heavy (non-hydrogen) atoms. The molecule has 1 saturated heterocycles. The van der Waals surface area contributed by atoms with Crippen LogP contribution >= 0.6 is 0 Å². The van der Waals surface area contributed by atoms with Gasteiger partial charge in [0.25, 0.3) is 0 Å². The molecule has 4 rings (SSSR count). The van der Waals surface area contributed by atoms with E-state index in [1.54, 1.807) is 48.5 Å². The van der Waals surface area contributed by atoms with Gasteiger partial charge in [0.15, 0.2) is 11.5 Å². The molecule has 9 heteroatoms. The van der Waals surface area contributed by atoms with Crippen molar-refractivity contribution in [2.75, 3.05) is 0 Å². The summed E-state index contributed by atoms with van der Waals surface area (Å²) in [5.41, 5.74) is 1.52. The number of unbranched alkanes of at least 4 members (excludes halogenated alkanes) is 1. The number of piperidine rings is 1. The summed E-state index contributed by atoms with van der Waals surface area (Å²) in [5.74, 6) is -0.0952. The molecule has 1 unspecified atom stereocenters. The van der Waals surface area contributed by atoms with Crippen molar-refractivity contribution in [3.8, 4) is 17.1 Å². The number of rotatable bonds is 6. The quantitative estimate of drug-likeness (QED) is 0.294. The molecular weight excluding hydrogens is 495 g/mol. The number of hydrogen-bond acceptors (Lipinski definition) is 4. The van der Waals surface area contributed by atoms with Gasteiger partial charge in [0, 0.05) is 29.2 Å². The van der Waals surface area contributed by atoms with Gasteiger partial charge >= 0.3 is 6.18 Å². The first-order valence-corrected chi connectivity index (χ1v) is 12.6. The molecule has 0 radical (unpaired) electrons. The molecule has 2 amide bonds. The number of hydrogen-bond donors (Lipinski definition) is 1. The van der Waals surface area contributed by atoms with Crippen LogP contribution in [0.4, 0.5) is 13.2 Å². The lowest BCUT2D eigenvalue weighted by Crippen LogP contribution is -2.39. The Morgan fingerprint density at radius 3 is 2.37 bits per heavy atom. The summed E-state index contributed by atoms with van der Waals surface area (Å²) in [5, 5.41) is 2.25. The van der Waals surface area contributed by atoms with Crippen LogP contribution in [0.3, 0.4) is 0 Å². The number of amides is 2. The Morgan fingerprint density at radius 2 is 1.82 bits per heavy atom. The summed E-state index contributed by atoms with van der Waals surface area (Å²) < 4.78 is 42.7. The minimum atomic E-state index is -4.55. The van der Waals surface area contributed by atoms with E-state index in [9.17, 15) is 27.6 Å². The van der Waals surface area contributed by atoms with Crippen LogP contribution in [0.5, 0.6) is 0 Å². The van der Waals surface area contributed by atoms with Crippen molar-refractivity contribution >= 4 is 17.6 Å². The van der Waals surface area contributed by atoms with Gasteiger partial charge in [-0.2, -0.15) is 13.2 Å². The molecular formula is C29H32F3N3O3. The summed E-state index contributed by atoms with van der Waals surface area (Å²) in [6.45, 7) is 6.75. The smallest absolute Gasteiger partial charge is 0.296 e. The lowest BCUT2D eigenvalue weighted by atomic mass is 9.97. The lowest BCUT2D eigenvalue weighted by molar-refractivity contribution is -0.142. The van der Waals surface area contributed by atoms with E-state index in [1.165, 1.54) is 13.8 Å². The summed E-state index contributed by atoms with van der Waals surface area (Å²) in [6.07, 6.45) is -0.815. The Bertz CT molecular complexity index is 1310. The summed E-state index contributed by atoms with van der Waals surface area (Å²) >= 11 is 0. The average molecular weight is 528 g/mol. The Labute approximate surface area is 220 Å². The molecule has 0 spiro atoms. The van der Waals surface area contributed by atoms with Gasteiger partial charge in [-0.25, -0.2) is 4.98 Å². The first kappa shape index (κ1) is 28.8. The molecule has 2 heterocycles. The maximum atomic E-state index is 13.8. The van der Waals surface area contributed by atoms with Gasteiger partial charge in [-0.05, 0) is 56.9 Å². The van der Waals surface area contributed by atoms with E-state index in [2.05, 4.69) is 17.2 Å². The standard InChI is InChI=1S/C23H23F3N2O.C6H9NO2/c1-4-5-9-17-14-18(12-13-20(17)16(3)29)22-27-15(2)21(23(24,25)26)28(22)19-10-7-6-8-11-19;1-4-2-3-5(8)7-6(4)9/h6-8,10-14H,4-5,9H2,1-3H3;4H,2-3H2,1H3,(H,7,8,9). The molecule has 1 aromatic heterocycles. The highest BCUT2D eigenvalue weighted by Crippen LogP contribution is 2.37. The highest BCUT2D eigenvalue weighted by atomic mass is 19.4. The molecule has 1 aliphatic heterocycles. The molecule has 2 aromatic carbocycles. The van der Waals surface area contributed by atoms with Crippen LogP contribution in [0.1, 0.15) is 73.8 Å². The van der Waals surface area contributed by atoms with E-state index in [0.29, 0.717) is 36.1 Å². The summed E-state index contributed by atoms with van der Waals surface area (Å²) in [4.78, 5) is 37.4. The van der Waals surface area contributed by atoms with Gasteiger partial charge in [0.2, 0.25) is 11.8 Å². The molecule has 6 nitrogen and oxygen atoms in total. The minimum absolute atomic E-state index is 0.0164. The van der Waals surface area contributed by atoms with E-state index < -0.39 is 11.9 Å². The number of halogens is 3. The predicted octanol–water partition coefficient (Wildman–Crippen LogP) is 6.47. The van der Waals surface area contributed by atoms with Gasteiger partial charge in [-0.3, -0.25) is 24.3 Å². The SMILES string of the molecule is CC1CCC(=O)NC1=O.CCCCc1cc(-c2nc(C)c(C(F)(F)F)n2-c2ccccc2)ccc1C(C)=O. The molecule has 1 fully saturated rings. The number of alkyl halides is 3. The molecule has 0 saturated carbocycles. The highest BCUT2D eigenvalue weighted by molar-refractivity contribution is 5.98. The molecule has 3 aromatic rings. The van der Waals surface area contributed by atoms with Gasteiger partial charge in [-0.15, -0.1) is 0 Å². The van der Waals surface area contributed by atoms with Crippen molar-refractivity contribution in [2.24, 2.45) is 5.92 Å². The van der Waals surface area contributed by atoms with Gasteiger partial charge < -0.3 is 0 Å². The normalized spacial score (nSPS) is 15.5. The third-order valence-corrected chi connectivity index (χ3v) is 6.39. The molecule has 1 N–H and O–H groups in total. The molecule has 1 aliphatic rings. The van der Waals surface area contributed by atoms with Crippen LogP contribution in [-0.2, 0) is 22.2 Å². The fourth-order valence-electron chi connectivity index (χ4n) is 4.34. The van der Waals surface area contributed by atoms with Crippen molar-refractivity contribution in [3.63, 3.8) is 0 Å². The second kappa shape index (κ2) is 12.2. The van der Waals surface area contributed by atoms with Crippen molar-refractivity contribution in [2.45, 2.75) is 66.0 Å². The van der Waals surface area contributed by atoms with Crippen LogP contribution in [0.2, 0.25) is 0 Å². The number of carbonyl (C=O) groups excluding carboxylic acids is 3. The third-order valence-electron chi connectivity index (χ3n) is 6.39. The first-order valence-electron chi connectivity index (χ1n) is 12.6. The van der Waals surface area contributed by atoms with Gasteiger partial charge in [0.1, 0.15) is 5.82 Å². The van der Waals surface area contributed by atoms with E-state index in [-0.39, 0.29) is 35.0 Å². The van der Waals surface area contributed by atoms with Crippen LogP contribution in [0.15, 0.2) is 48.5 Å². The fourth-order valence-corrected chi connectivity index (χ4v) is 4.34. The van der Waals surface area contributed by atoms with E-state index in [1.807, 2.05) is 6.92 Å². The number of nitrogens with one attached hydrogen (secondary N) is 1. The van der Waals surface area contributed by atoms with Crippen molar-refractivity contribution in [3.05, 3.63) is 71.0 Å². The molecule has 202 valence electrons. The van der Waals surface area contributed by atoms with E-state index >= 15 is 0 Å². The molecule has 0 bridgehead atoms. The Balaban J connectivity index is 0.000000375. The lowest BCUT2D eigenvalue weighted by Gasteiger charge is -2.15. The third kappa shape index (κ3) is 6.76. The van der Waals surface area contributed by atoms with Crippen LogP contribution in [0, 0.1) is 12.8 Å². The fraction of sp³-hybridized carbons (Fsp3) is 0.379. The number of nitrogens with zero attached hydrogens (tertiary/aromatic N) is 2. The van der Waals surface area contributed by atoms with Crippen LogP contribution < -0.4 is 5.32 Å². The molecule has 1 atom stereocenters. The largest absolute Gasteiger partial charge is 0.433 e. The maximum Gasteiger partial charge on any atom is 0.433 e. The van der Waals surface area contributed by atoms with E-state index in [0.717, 1.165) is 23.0 Å². The number of aromatic nitrogens is 2. The van der Waals surface area contributed by atoms with Crippen LogP contribution in [-0.4, -0.2) is 27.1 Å². The molecule has 0 aliphatic carbocycles. The zero-order valence-electron chi connectivity index (χ0n) is 22.0. The minimum Gasteiger partial charge on any atom is -0.296 e.